The number of hydrogen-bond donors (Lipinski definition) is 1. The summed E-state index contributed by atoms with van der Waals surface area (Å²) in [4.78, 5) is 4.93. The lowest BCUT2D eigenvalue weighted by molar-refractivity contribution is 0.415. The molecule has 0 saturated carbocycles. The van der Waals surface area contributed by atoms with E-state index in [0.717, 1.165) is 21.8 Å². The van der Waals surface area contributed by atoms with Crippen LogP contribution in [0.2, 0.25) is 0 Å². The van der Waals surface area contributed by atoms with Crippen molar-refractivity contribution in [1.82, 2.24) is 10.1 Å². The number of rotatable bonds is 3. The van der Waals surface area contributed by atoms with E-state index in [9.17, 15) is 0 Å². The number of nitrogen functional groups attached to an aromatic ring is 1. The zero-order chi connectivity index (χ0) is 13.2. The lowest BCUT2D eigenvalue weighted by Gasteiger charge is -2.04. The molecule has 0 aliphatic rings. The Labute approximate surface area is 113 Å². The molecule has 0 spiro atoms. The van der Waals surface area contributed by atoms with Crippen LogP contribution in [-0.2, 0) is 0 Å². The molecule has 0 atom stereocenters. The summed E-state index contributed by atoms with van der Waals surface area (Å²) < 4.78 is 10.5. The van der Waals surface area contributed by atoms with Crippen molar-refractivity contribution < 1.29 is 9.26 Å². The molecule has 0 aliphatic carbocycles. The van der Waals surface area contributed by atoms with E-state index in [2.05, 4.69) is 10.1 Å². The molecular weight excluding hydrogens is 262 g/mol. The maximum absolute atomic E-state index is 5.91. The summed E-state index contributed by atoms with van der Waals surface area (Å²) in [5.41, 5.74) is 9.32. The van der Waals surface area contributed by atoms with Crippen LogP contribution in [0, 0.1) is 0 Å². The normalized spacial score (nSPS) is 10.6. The zero-order valence-electron chi connectivity index (χ0n) is 10.2. The second kappa shape index (κ2) is 4.74. The molecule has 2 aromatic heterocycles. The lowest BCUT2D eigenvalue weighted by Crippen LogP contribution is -1.89. The van der Waals surface area contributed by atoms with Crippen molar-refractivity contribution in [2.75, 3.05) is 12.8 Å². The molecule has 0 radical (unpaired) electrons. The van der Waals surface area contributed by atoms with Gasteiger partial charge in [-0.25, -0.2) is 0 Å². The van der Waals surface area contributed by atoms with Gasteiger partial charge >= 0.3 is 0 Å². The fourth-order valence-electron chi connectivity index (χ4n) is 1.86. The third-order valence-electron chi connectivity index (χ3n) is 2.73. The Balaban J connectivity index is 2.16. The molecule has 2 N–H and O–H groups in total. The van der Waals surface area contributed by atoms with Gasteiger partial charge in [-0.3, -0.25) is 4.98 Å². The number of nitrogens with zero attached hydrogens (tertiary/aromatic N) is 2. The van der Waals surface area contributed by atoms with Gasteiger partial charge in [-0.1, -0.05) is 17.3 Å². The SMILES string of the molecule is COc1cccc(-c2c(N)noc2-c2cncs2)c1. The van der Waals surface area contributed by atoms with Crippen LogP contribution >= 0.6 is 11.3 Å². The van der Waals surface area contributed by atoms with Crippen LogP contribution in [0.3, 0.4) is 0 Å². The molecule has 96 valence electrons. The third kappa shape index (κ3) is 2.06. The Morgan fingerprint density at radius 3 is 3.00 bits per heavy atom. The number of methoxy groups -OCH3 is 1. The smallest absolute Gasteiger partial charge is 0.188 e. The lowest BCUT2D eigenvalue weighted by atomic mass is 10.1. The highest BCUT2D eigenvalue weighted by molar-refractivity contribution is 7.13. The molecule has 0 bridgehead atoms. The molecule has 0 saturated heterocycles. The molecule has 0 unspecified atom stereocenters. The monoisotopic (exact) mass is 273 g/mol. The molecule has 1 aromatic carbocycles. The Hall–Kier alpha value is -2.34. The van der Waals surface area contributed by atoms with Crippen LogP contribution in [0.4, 0.5) is 5.82 Å². The number of thiazole rings is 1. The number of anilines is 1. The fourth-order valence-corrected chi connectivity index (χ4v) is 2.46. The number of hydrogen-bond acceptors (Lipinski definition) is 6. The topological polar surface area (TPSA) is 74.2 Å². The second-order valence-corrected chi connectivity index (χ2v) is 4.76. The van der Waals surface area contributed by atoms with Gasteiger partial charge in [-0.15, -0.1) is 11.3 Å². The van der Waals surface area contributed by atoms with E-state index in [1.54, 1.807) is 18.8 Å². The molecule has 19 heavy (non-hydrogen) atoms. The van der Waals surface area contributed by atoms with Crippen LogP contribution in [0.15, 0.2) is 40.5 Å². The fraction of sp³-hybridized carbons (Fsp3) is 0.0769. The Morgan fingerprint density at radius 2 is 2.26 bits per heavy atom. The molecule has 2 heterocycles. The van der Waals surface area contributed by atoms with Crippen molar-refractivity contribution in [3.63, 3.8) is 0 Å². The van der Waals surface area contributed by atoms with Gasteiger partial charge in [-0.2, -0.15) is 0 Å². The Kier molecular flexibility index (Phi) is 2.92. The van der Waals surface area contributed by atoms with Crippen molar-refractivity contribution in [3.8, 4) is 27.5 Å². The third-order valence-corrected chi connectivity index (χ3v) is 3.50. The number of benzene rings is 1. The van der Waals surface area contributed by atoms with Crippen molar-refractivity contribution in [2.24, 2.45) is 0 Å². The van der Waals surface area contributed by atoms with Gasteiger partial charge < -0.3 is 15.0 Å². The van der Waals surface area contributed by atoms with Gasteiger partial charge in [0, 0.05) is 6.20 Å². The second-order valence-electron chi connectivity index (χ2n) is 3.87. The van der Waals surface area contributed by atoms with Crippen LogP contribution in [0.25, 0.3) is 21.8 Å². The molecule has 3 aromatic rings. The predicted molar refractivity (Wildman–Crippen MR) is 74.0 cm³/mol. The molecule has 0 amide bonds. The van der Waals surface area contributed by atoms with Gasteiger partial charge in [0.2, 0.25) is 0 Å². The highest BCUT2D eigenvalue weighted by atomic mass is 32.1. The molecule has 0 fully saturated rings. The van der Waals surface area contributed by atoms with Crippen molar-refractivity contribution >= 4 is 17.2 Å². The summed E-state index contributed by atoms with van der Waals surface area (Å²) in [6, 6.07) is 7.61. The molecule has 6 heteroatoms. The summed E-state index contributed by atoms with van der Waals surface area (Å²) in [7, 11) is 1.63. The van der Waals surface area contributed by atoms with Gasteiger partial charge in [0.25, 0.3) is 0 Å². The van der Waals surface area contributed by atoms with Crippen LogP contribution in [0.1, 0.15) is 0 Å². The van der Waals surface area contributed by atoms with Crippen molar-refractivity contribution in [2.45, 2.75) is 0 Å². The minimum absolute atomic E-state index is 0.358. The first-order chi connectivity index (χ1) is 9.29. The van der Waals surface area contributed by atoms with Crippen LogP contribution < -0.4 is 10.5 Å². The van der Waals surface area contributed by atoms with Gasteiger partial charge in [0.1, 0.15) is 5.75 Å². The van der Waals surface area contributed by atoms with Crippen molar-refractivity contribution in [3.05, 3.63) is 36.0 Å². The van der Waals surface area contributed by atoms with Gasteiger partial charge in [0.15, 0.2) is 11.6 Å². The Bertz CT molecular complexity index is 692. The molecule has 3 rings (SSSR count). The van der Waals surface area contributed by atoms with E-state index in [1.165, 1.54) is 11.3 Å². The first-order valence-electron chi connectivity index (χ1n) is 5.58. The van der Waals surface area contributed by atoms with E-state index in [4.69, 9.17) is 15.0 Å². The van der Waals surface area contributed by atoms with Gasteiger partial charge in [-0.05, 0) is 17.7 Å². The summed E-state index contributed by atoms with van der Waals surface area (Å²) >= 11 is 1.48. The zero-order valence-corrected chi connectivity index (χ0v) is 11.0. The molecular formula is C13H11N3O2S. The van der Waals surface area contributed by atoms with E-state index in [1.807, 2.05) is 24.3 Å². The average Bonchev–Trinajstić information content (AvgIpc) is 3.07. The summed E-state index contributed by atoms with van der Waals surface area (Å²) in [6.07, 6.45) is 1.73. The summed E-state index contributed by atoms with van der Waals surface area (Å²) in [6.45, 7) is 0. The number of ether oxygens (including phenoxy) is 1. The average molecular weight is 273 g/mol. The summed E-state index contributed by atoms with van der Waals surface area (Å²) in [5, 5.41) is 3.85. The van der Waals surface area contributed by atoms with E-state index in [-0.39, 0.29) is 0 Å². The minimum Gasteiger partial charge on any atom is -0.497 e. The van der Waals surface area contributed by atoms with Gasteiger partial charge in [0.05, 0.1) is 23.1 Å². The molecule has 5 nitrogen and oxygen atoms in total. The van der Waals surface area contributed by atoms with Crippen LogP contribution in [0.5, 0.6) is 5.75 Å². The van der Waals surface area contributed by atoms with E-state index < -0.39 is 0 Å². The van der Waals surface area contributed by atoms with E-state index >= 15 is 0 Å². The highest BCUT2D eigenvalue weighted by Gasteiger charge is 2.19. The summed E-state index contributed by atoms with van der Waals surface area (Å²) in [5.74, 6) is 1.75. The molecule has 0 aliphatic heterocycles. The van der Waals surface area contributed by atoms with Crippen molar-refractivity contribution in [1.29, 1.82) is 0 Å². The standard InChI is InChI=1S/C13H11N3O2S/c1-17-9-4-2-3-8(5-9)11-12(18-16-13(11)14)10-6-15-7-19-10/h2-7H,1H3,(H2,14,16). The maximum Gasteiger partial charge on any atom is 0.188 e. The van der Waals surface area contributed by atoms with Crippen LogP contribution in [-0.4, -0.2) is 17.3 Å². The maximum atomic E-state index is 5.91. The largest absolute Gasteiger partial charge is 0.497 e. The predicted octanol–water partition coefficient (Wildman–Crippen LogP) is 3.06. The Morgan fingerprint density at radius 1 is 1.37 bits per heavy atom. The highest BCUT2D eigenvalue weighted by Crippen LogP contribution is 2.38. The number of nitrogens with two attached hydrogens (primary N) is 1. The minimum atomic E-state index is 0.358. The quantitative estimate of drug-likeness (QED) is 0.793. The number of aromatic nitrogens is 2. The first kappa shape index (κ1) is 11.7. The first-order valence-corrected chi connectivity index (χ1v) is 6.46. The van der Waals surface area contributed by atoms with E-state index in [0.29, 0.717) is 11.6 Å².